The van der Waals surface area contributed by atoms with Crippen molar-refractivity contribution in [3.8, 4) is 5.75 Å². The Kier molecular flexibility index (Phi) is 2.45. The average molecular weight is 207 g/mol. The summed E-state index contributed by atoms with van der Waals surface area (Å²) in [6.07, 6.45) is 0. The van der Waals surface area contributed by atoms with E-state index in [0.29, 0.717) is 0 Å². The van der Waals surface area contributed by atoms with Crippen molar-refractivity contribution in [3.63, 3.8) is 0 Å². The molecule has 0 saturated heterocycles. The van der Waals surface area contributed by atoms with E-state index in [1.165, 1.54) is 0 Å². The maximum Gasteiger partial charge on any atom is 0.339 e. The summed E-state index contributed by atoms with van der Waals surface area (Å²) in [4.78, 5) is 10.4. The van der Waals surface area contributed by atoms with E-state index in [1.807, 2.05) is 0 Å². The molecule has 12 heavy (non-hydrogen) atoms. The number of benzene rings is 1. The number of hydrogen-bond donors (Lipinski definition) is 2. The number of hydrogen-bond acceptors (Lipinski definition) is 2. The van der Waals surface area contributed by atoms with Crippen molar-refractivity contribution < 1.29 is 15.0 Å². The third-order valence-electron chi connectivity index (χ3n) is 1.27. The lowest BCUT2D eigenvalue weighted by molar-refractivity contribution is 0.0694. The summed E-state index contributed by atoms with van der Waals surface area (Å²) in [6, 6.07) is 2.19. The molecular weight excluding hydrogens is 203 g/mol. The highest BCUT2D eigenvalue weighted by molar-refractivity contribution is 6.42. The van der Waals surface area contributed by atoms with Crippen LogP contribution in [-0.2, 0) is 0 Å². The van der Waals surface area contributed by atoms with Crippen LogP contribution in [0.5, 0.6) is 5.75 Å². The average Bonchev–Trinajstić information content (AvgIpc) is 1.96. The number of rotatable bonds is 1. The molecule has 0 fully saturated rings. The zero-order valence-electron chi connectivity index (χ0n) is 5.71. The van der Waals surface area contributed by atoms with Gasteiger partial charge in [-0.2, -0.15) is 0 Å². The Balaban J connectivity index is 3.33. The second-order valence-electron chi connectivity index (χ2n) is 2.09. The Bertz CT molecular complexity index is 336. The zero-order valence-corrected chi connectivity index (χ0v) is 7.23. The van der Waals surface area contributed by atoms with Crippen LogP contribution in [0.15, 0.2) is 12.1 Å². The van der Waals surface area contributed by atoms with Crippen molar-refractivity contribution in [2.45, 2.75) is 0 Å². The molecule has 5 heteroatoms. The van der Waals surface area contributed by atoms with E-state index in [4.69, 9.17) is 33.4 Å². The summed E-state index contributed by atoms with van der Waals surface area (Å²) in [7, 11) is 0. The van der Waals surface area contributed by atoms with E-state index < -0.39 is 11.7 Å². The van der Waals surface area contributed by atoms with Gasteiger partial charge in [-0.25, -0.2) is 4.79 Å². The van der Waals surface area contributed by atoms with E-state index >= 15 is 0 Å². The van der Waals surface area contributed by atoms with E-state index in [2.05, 4.69) is 0 Å². The molecule has 3 nitrogen and oxygen atoms in total. The summed E-state index contributed by atoms with van der Waals surface area (Å²) < 4.78 is 0. The maximum absolute atomic E-state index is 10.4. The Morgan fingerprint density at radius 1 is 1.25 bits per heavy atom. The SMILES string of the molecule is O=C(O)c1cc(Cl)c(Cl)cc1O. The lowest BCUT2D eigenvalue weighted by atomic mass is 10.2. The largest absolute Gasteiger partial charge is 0.507 e. The van der Waals surface area contributed by atoms with E-state index in [9.17, 15) is 4.79 Å². The molecule has 0 atom stereocenters. The zero-order chi connectivity index (χ0) is 9.30. The van der Waals surface area contributed by atoms with E-state index in [-0.39, 0.29) is 15.6 Å². The van der Waals surface area contributed by atoms with Crippen molar-refractivity contribution in [2.75, 3.05) is 0 Å². The van der Waals surface area contributed by atoms with Gasteiger partial charge in [-0.15, -0.1) is 0 Å². The third-order valence-corrected chi connectivity index (χ3v) is 1.99. The lowest BCUT2D eigenvalue weighted by Crippen LogP contribution is -1.96. The van der Waals surface area contributed by atoms with Gasteiger partial charge in [0.15, 0.2) is 0 Å². The van der Waals surface area contributed by atoms with Crippen LogP contribution in [0.3, 0.4) is 0 Å². The fourth-order valence-electron chi connectivity index (χ4n) is 0.708. The van der Waals surface area contributed by atoms with Gasteiger partial charge in [-0.3, -0.25) is 0 Å². The molecule has 0 heterocycles. The van der Waals surface area contributed by atoms with Gasteiger partial charge in [0.05, 0.1) is 10.0 Å². The van der Waals surface area contributed by atoms with Crippen molar-refractivity contribution in [1.29, 1.82) is 0 Å². The smallest absolute Gasteiger partial charge is 0.339 e. The molecule has 1 rings (SSSR count). The van der Waals surface area contributed by atoms with Crippen LogP contribution in [0.25, 0.3) is 0 Å². The summed E-state index contributed by atoms with van der Waals surface area (Å²) >= 11 is 11.0. The number of aromatic hydroxyl groups is 1. The molecule has 0 unspecified atom stereocenters. The molecular formula is C7H4Cl2O3. The molecule has 0 saturated carbocycles. The van der Waals surface area contributed by atoms with Gasteiger partial charge in [0.25, 0.3) is 0 Å². The van der Waals surface area contributed by atoms with Crippen molar-refractivity contribution >= 4 is 29.2 Å². The molecule has 2 N–H and O–H groups in total. The van der Waals surface area contributed by atoms with E-state index in [0.717, 1.165) is 12.1 Å². The lowest BCUT2D eigenvalue weighted by Gasteiger charge is -2.00. The van der Waals surface area contributed by atoms with Gasteiger partial charge in [0, 0.05) is 6.07 Å². The molecule has 0 amide bonds. The minimum atomic E-state index is -1.24. The molecule has 0 aliphatic carbocycles. The number of aromatic carboxylic acids is 1. The van der Waals surface area contributed by atoms with Gasteiger partial charge in [-0.1, -0.05) is 23.2 Å². The van der Waals surface area contributed by atoms with Crippen LogP contribution in [0.1, 0.15) is 10.4 Å². The fourth-order valence-corrected chi connectivity index (χ4v) is 1.03. The van der Waals surface area contributed by atoms with E-state index in [1.54, 1.807) is 0 Å². The van der Waals surface area contributed by atoms with Crippen LogP contribution in [-0.4, -0.2) is 16.2 Å². The summed E-state index contributed by atoms with van der Waals surface area (Å²) in [5.41, 5.74) is -0.260. The number of carboxylic acid groups (broad SMARTS) is 1. The highest BCUT2D eigenvalue weighted by Gasteiger charge is 2.11. The maximum atomic E-state index is 10.4. The van der Waals surface area contributed by atoms with Crippen LogP contribution in [0, 0.1) is 0 Å². The third kappa shape index (κ3) is 1.62. The molecule has 1 aromatic rings. The van der Waals surface area contributed by atoms with Crippen molar-refractivity contribution in [3.05, 3.63) is 27.7 Å². The fraction of sp³-hybridized carbons (Fsp3) is 0. The minimum absolute atomic E-state index is 0.104. The van der Waals surface area contributed by atoms with Crippen LogP contribution in [0.2, 0.25) is 10.0 Å². The predicted molar refractivity (Wildman–Crippen MR) is 45.1 cm³/mol. The van der Waals surface area contributed by atoms with Crippen molar-refractivity contribution in [1.82, 2.24) is 0 Å². The Labute approximate surface area is 78.2 Å². The number of carbonyl (C=O) groups is 1. The van der Waals surface area contributed by atoms with Crippen molar-refractivity contribution in [2.24, 2.45) is 0 Å². The monoisotopic (exact) mass is 206 g/mol. The molecule has 0 spiro atoms. The molecule has 64 valence electrons. The van der Waals surface area contributed by atoms with Gasteiger partial charge >= 0.3 is 5.97 Å². The highest BCUT2D eigenvalue weighted by atomic mass is 35.5. The Hall–Kier alpha value is -0.930. The number of phenols is 1. The van der Waals surface area contributed by atoms with Crippen LogP contribution in [0.4, 0.5) is 0 Å². The van der Waals surface area contributed by atoms with Gasteiger partial charge in [-0.05, 0) is 6.07 Å². The van der Waals surface area contributed by atoms with Crippen LogP contribution < -0.4 is 0 Å². The normalized spacial score (nSPS) is 9.83. The molecule has 0 bridgehead atoms. The summed E-state index contributed by atoms with van der Waals surface area (Å²) in [5, 5.41) is 17.8. The number of carboxylic acids is 1. The summed E-state index contributed by atoms with van der Waals surface area (Å²) in [5.74, 6) is -1.64. The first-order chi connectivity index (χ1) is 5.52. The second-order valence-corrected chi connectivity index (χ2v) is 2.90. The van der Waals surface area contributed by atoms with Gasteiger partial charge < -0.3 is 10.2 Å². The molecule has 1 aromatic carbocycles. The molecule has 0 aromatic heterocycles. The first-order valence-corrected chi connectivity index (χ1v) is 3.69. The predicted octanol–water partition coefficient (Wildman–Crippen LogP) is 2.40. The van der Waals surface area contributed by atoms with Crippen LogP contribution >= 0.6 is 23.2 Å². The quantitative estimate of drug-likeness (QED) is 0.743. The first kappa shape index (κ1) is 9.16. The van der Waals surface area contributed by atoms with Gasteiger partial charge in [0.2, 0.25) is 0 Å². The minimum Gasteiger partial charge on any atom is -0.507 e. The molecule has 0 aliphatic heterocycles. The molecule has 0 radical (unpaired) electrons. The topological polar surface area (TPSA) is 57.5 Å². The number of halogens is 2. The Morgan fingerprint density at radius 2 is 1.75 bits per heavy atom. The first-order valence-electron chi connectivity index (χ1n) is 2.93. The summed E-state index contributed by atoms with van der Waals surface area (Å²) in [6.45, 7) is 0. The Morgan fingerprint density at radius 3 is 2.25 bits per heavy atom. The van der Waals surface area contributed by atoms with Gasteiger partial charge in [0.1, 0.15) is 11.3 Å². The highest BCUT2D eigenvalue weighted by Crippen LogP contribution is 2.29. The standard InChI is InChI=1S/C7H4Cl2O3/c8-4-1-3(7(11)12)6(10)2-5(4)9/h1-2,10H,(H,11,12). The second kappa shape index (κ2) is 3.21. The molecule has 0 aliphatic rings.